The van der Waals surface area contributed by atoms with Gasteiger partial charge in [-0.1, -0.05) is 5.21 Å². The summed E-state index contributed by atoms with van der Waals surface area (Å²) in [6, 6.07) is 5.44. The van der Waals surface area contributed by atoms with Crippen LogP contribution in [0, 0.1) is 18.8 Å². The first-order chi connectivity index (χ1) is 16.5. The number of anilines is 1. The van der Waals surface area contributed by atoms with Gasteiger partial charge in [0.2, 0.25) is 11.8 Å². The van der Waals surface area contributed by atoms with Crippen molar-refractivity contribution < 1.29 is 19.4 Å². The van der Waals surface area contributed by atoms with Gasteiger partial charge in [0.05, 0.1) is 36.2 Å². The summed E-state index contributed by atoms with van der Waals surface area (Å²) in [6.45, 7) is 2.65. The fraction of sp³-hybridized carbons (Fsp3) is 0.478. The zero-order chi connectivity index (χ0) is 23.7. The van der Waals surface area contributed by atoms with E-state index in [1.54, 1.807) is 16.9 Å². The normalized spacial score (nSPS) is 19.4. The number of nitrogens with zero attached hydrogens (tertiary/aromatic N) is 6. The molecule has 0 amide bonds. The zero-order valence-corrected chi connectivity index (χ0v) is 19.1. The number of rotatable bonds is 10. The van der Waals surface area contributed by atoms with E-state index >= 15 is 0 Å². The van der Waals surface area contributed by atoms with Crippen molar-refractivity contribution in [2.24, 2.45) is 18.9 Å². The lowest BCUT2D eigenvalue weighted by Gasteiger charge is -2.33. The third-order valence-corrected chi connectivity index (χ3v) is 6.27. The van der Waals surface area contributed by atoms with Gasteiger partial charge >= 0.3 is 5.97 Å². The number of hydrogen-bond donors (Lipinski definition) is 2. The molecule has 2 fully saturated rings. The molecule has 11 heteroatoms. The van der Waals surface area contributed by atoms with Gasteiger partial charge in [-0.2, -0.15) is 4.98 Å². The van der Waals surface area contributed by atoms with Crippen LogP contribution >= 0.6 is 0 Å². The van der Waals surface area contributed by atoms with Gasteiger partial charge in [-0.05, 0) is 44.7 Å². The highest BCUT2D eigenvalue weighted by Crippen LogP contribution is 2.35. The third kappa shape index (κ3) is 4.78. The molecule has 3 heterocycles. The van der Waals surface area contributed by atoms with Gasteiger partial charge in [-0.15, -0.1) is 5.10 Å². The Balaban J connectivity index is 1.25. The van der Waals surface area contributed by atoms with Gasteiger partial charge in [0, 0.05) is 25.2 Å². The van der Waals surface area contributed by atoms with Gasteiger partial charge in [0.25, 0.3) is 0 Å². The van der Waals surface area contributed by atoms with Crippen LogP contribution in [0.2, 0.25) is 0 Å². The zero-order valence-electron chi connectivity index (χ0n) is 19.1. The quantitative estimate of drug-likeness (QED) is 0.459. The van der Waals surface area contributed by atoms with Crippen LogP contribution in [0.15, 0.2) is 24.4 Å². The average Bonchev–Trinajstić information content (AvgIpc) is 3.52. The molecule has 0 saturated heterocycles. The van der Waals surface area contributed by atoms with E-state index < -0.39 is 5.97 Å². The van der Waals surface area contributed by atoms with E-state index in [9.17, 15) is 9.90 Å². The van der Waals surface area contributed by atoms with Crippen LogP contribution in [0.25, 0.3) is 11.4 Å². The summed E-state index contributed by atoms with van der Waals surface area (Å²) in [4.78, 5) is 24.5. The van der Waals surface area contributed by atoms with Gasteiger partial charge in [-0.25, -0.2) is 14.6 Å². The molecule has 2 N–H and O–H groups in total. The molecule has 2 aliphatic carbocycles. The van der Waals surface area contributed by atoms with Gasteiger partial charge in [0.1, 0.15) is 17.5 Å². The number of aryl methyl sites for hydroxylation is 2. The van der Waals surface area contributed by atoms with Crippen molar-refractivity contribution in [2.45, 2.75) is 45.3 Å². The lowest BCUT2D eigenvalue weighted by molar-refractivity contribution is -0.148. The van der Waals surface area contributed by atoms with E-state index in [1.807, 2.05) is 26.1 Å². The Morgan fingerprint density at radius 2 is 2.06 bits per heavy atom. The lowest BCUT2D eigenvalue weighted by atomic mass is 9.74. The van der Waals surface area contributed by atoms with Crippen molar-refractivity contribution in [1.29, 1.82) is 0 Å². The van der Waals surface area contributed by atoms with E-state index in [-0.39, 0.29) is 17.9 Å². The predicted molar refractivity (Wildman–Crippen MR) is 121 cm³/mol. The predicted octanol–water partition coefficient (Wildman–Crippen LogP) is 2.62. The summed E-state index contributed by atoms with van der Waals surface area (Å²) >= 11 is 0. The largest absolute Gasteiger partial charge is 0.491 e. The number of hydrogen-bond acceptors (Lipinski definition) is 9. The molecule has 0 radical (unpaired) electrons. The van der Waals surface area contributed by atoms with Crippen LogP contribution in [0.4, 0.5) is 5.95 Å². The number of nitrogens with one attached hydrogen (secondary N) is 1. The standard InChI is InChI=1S/C23H27N7O4/c1-13-19(33-12-14-3-6-16(14)22(31)32)8-7-17(26-13)21-18(30(2)29-28-21)11-25-23-24-10-9-20(27-23)34-15-4-5-15/h7-10,14-16H,3-6,11-12H2,1-2H3,(H,31,32)(H,24,25,27)/t14-,16+/m0/s1. The molecule has 0 bridgehead atoms. The summed E-state index contributed by atoms with van der Waals surface area (Å²) in [6.07, 6.45) is 5.65. The minimum atomic E-state index is -0.749. The highest BCUT2D eigenvalue weighted by atomic mass is 16.5. The lowest BCUT2D eigenvalue weighted by Crippen LogP contribution is -2.36. The molecule has 34 heavy (non-hydrogen) atoms. The number of aromatic nitrogens is 6. The van der Waals surface area contributed by atoms with E-state index in [2.05, 4.69) is 30.6 Å². The molecule has 2 atom stereocenters. The molecule has 178 valence electrons. The average molecular weight is 466 g/mol. The number of pyridine rings is 1. The molecule has 3 aromatic heterocycles. The van der Waals surface area contributed by atoms with Crippen LogP contribution in [0.5, 0.6) is 11.6 Å². The maximum absolute atomic E-state index is 11.2. The molecule has 0 aliphatic heterocycles. The second-order valence-electron chi connectivity index (χ2n) is 8.77. The van der Waals surface area contributed by atoms with Crippen molar-refractivity contribution in [3.8, 4) is 23.0 Å². The highest BCUT2D eigenvalue weighted by molar-refractivity contribution is 5.71. The summed E-state index contributed by atoms with van der Waals surface area (Å²) in [7, 11) is 1.82. The first kappa shape index (κ1) is 22.1. The Kier molecular flexibility index (Phi) is 5.99. The summed E-state index contributed by atoms with van der Waals surface area (Å²) in [5, 5.41) is 20.9. The van der Waals surface area contributed by atoms with Gasteiger partial charge in [0.15, 0.2) is 0 Å². The molecule has 0 aromatic carbocycles. The number of ether oxygens (including phenoxy) is 2. The van der Waals surface area contributed by atoms with Crippen LogP contribution in [0.3, 0.4) is 0 Å². The topological polar surface area (TPSA) is 137 Å². The van der Waals surface area contributed by atoms with Crippen LogP contribution < -0.4 is 14.8 Å². The number of carboxylic acids is 1. The molecule has 0 spiro atoms. The smallest absolute Gasteiger partial charge is 0.306 e. The minimum Gasteiger partial charge on any atom is -0.491 e. The molecule has 2 saturated carbocycles. The summed E-state index contributed by atoms with van der Waals surface area (Å²) in [5.41, 5.74) is 2.87. The Hall–Kier alpha value is -3.76. The van der Waals surface area contributed by atoms with Crippen molar-refractivity contribution in [1.82, 2.24) is 29.9 Å². The minimum absolute atomic E-state index is 0.0460. The summed E-state index contributed by atoms with van der Waals surface area (Å²) < 4.78 is 13.3. The second-order valence-corrected chi connectivity index (χ2v) is 8.77. The fourth-order valence-corrected chi connectivity index (χ4v) is 3.91. The maximum Gasteiger partial charge on any atom is 0.306 e. The Bertz CT molecular complexity index is 1190. The molecular weight excluding hydrogens is 438 g/mol. The van der Waals surface area contributed by atoms with Gasteiger partial charge in [-0.3, -0.25) is 4.79 Å². The number of carbonyl (C=O) groups is 1. The van der Waals surface area contributed by atoms with Gasteiger partial charge < -0.3 is 19.9 Å². The van der Waals surface area contributed by atoms with E-state index in [4.69, 9.17) is 9.47 Å². The fourth-order valence-electron chi connectivity index (χ4n) is 3.91. The molecule has 2 aliphatic rings. The highest BCUT2D eigenvalue weighted by Gasteiger charge is 2.37. The number of aliphatic carboxylic acids is 1. The monoisotopic (exact) mass is 465 g/mol. The number of carboxylic acid groups (broad SMARTS) is 1. The Labute approximate surface area is 196 Å². The van der Waals surface area contributed by atoms with Crippen LogP contribution in [0.1, 0.15) is 37.1 Å². The molecule has 5 rings (SSSR count). The van der Waals surface area contributed by atoms with Crippen molar-refractivity contribution in [3.63, 3.8) is 0 Å². The van der Waals surface area contributed by atoms with Crippen LogP contribution in [-0.2, 0) is 18.4 Å². The van der Waals surface area contributed by atoms with Crippen molar-refractivity contribution >= 4 is 11.9 Å². The van der Waals surface area contributed by atoms with Crippen molar-refractivity contribution in [3.05, 3.63) is 35.8 Å². The first-order valence-electron chi connectivity index (χ1n) is 11.4. The first-order valence-corrected chi connectivity index (χ1v) is 11.4. The van der Waals surface area contributed by atoms with Crippen LogP contribution in [-0.4, -0.2) is 53.7 Å². The maximum atomic E-state index is 11.2. The molecule has 0 unspecified atom stereocenters. The molecule has 3 aromatic rings. The van der Waals surface area contributed by atoms with Crippen molar-refractivity contribution in [2.75, 3.05) is 11.9 Å². The van der Waals surface area contributed by atoms with E-state index in [1.165, 1.54) is 0 Å². The van der Waals surface area contributed by atoms with E-state index in [0.717, 1.165) is 25.0 Å². The Morgan fingerprint density at radius 3 is 2.76 bits per heavy atom. The van der Waals surface area contributed by atoms with E-state index in [0.29, 0.717) is 54.2 Å². The second kappa shape index (κ2) is 9.24. The third-order valence-electron chi connectivity index (χ3n) is 6.27. The SMILES string of the molecule is Cc1nc(-c2nnn(C)c2CNc2nccc(OC3CC3)n2)ccc1OC[C@@H]1CC[C@H]1C(=O)O. The summed E-state index contributed by atoms with van der Waals surface area (Å²) in [5.74, 6) is 0.657. The Morgan fingerprint density at radius 1 is 1.21 bits per heavy atom. The molecule has 11 nitrogen and oxygen atoms in total. The molecular formula is C23H27N7O4.